The Kier molecular flexibility index (Phi) is 3.91. The quantitative estimate of drug-likeness (QED) is 0.620. The van der Waals surface area contributed by atoms with Crippen molar-refractivity contribution < 1.29 is 14.3 Å². The van der Waals surface area contributed by atoms with Crippen molar-refractivity contribution in [2.45, 2.75) is 6.42 Å². The number of ether oxygens (including phenoxy) is 1. The van der Waals surface area contributed by atoms with E-state index in [0.29, 0.717) is 24.2 Å². The molecule has 5 heteroatoms. The predicted octanol–water partition coefficient (Wildman–Crippen LogP) is 2.22. The summed E-state index contributed by atoms with van der Waals surface area (Å²) in [6.07, 6.45) is 5.67. The molecule has 1 heterocycles. The van der Waals surface area contributed by atoms with Gasteiger partial charge in [0.25, 0.3) is 0 Å². The molecule has 19 heavy (non-hydrogen) atoms. The van der Waals surface area contributed by atoms with Crippen LogP contribution in [0.25, 0.3) is 0 Å². The van der Waals surface area contributed by atoms with Gasteiger partial charge in [0.15, 0.2) is 0 Å². The molecule has 1 amide bonds. The van der Waals surface area contributed by atoms with Gasteiger partial charge >= 0.3 is 5.97 Å². The summed E-state index contributed by atoms with van der Waals surface area (Å²) in [5.41, 5.74) is 0.890. The fraction of sp³-hybridized carbons (Fsp3) is 0.286. The van der Waals surface area contributed by atoms with Gasteiger partial charge in [-0.2, -0.15) is 0 Å². The van der Waals surface area contributed by atoms with Crippen LogP contribution in [0, 0.1) is 18.3 Å². The van der Waals surface area contributed by atoms with E-state index in [0.717, 1.165) is 4.47 Å². The number of terminal acetylenes is 1. The van der Waals surface area contributed by atoms with Crippen LogP contribution in [0.2, 0.25) is 0 Å². The lowest BCUT2D eigenvalue weighted by Crippen LogP contribution is -2.26. The molecule has 1 aliphatic heterocycles. The Hall–Kier alpha value is -1.80. The number of nitrogens with zero attached hydrogens (tertiary/aromatic N) is 1. The van der Waals surface area contributed by atoms with E-state index in [-0.39, 0.29) is 11.8 Å². The Morgan fingerprint density at radius 3 is 2.89 bits per heavy atom. The van der Waals surface area contributed by atoms with Crippen LogP contribution in [-0.4, -0.2) is 25.5 Å². The molecule has 1 atom stereocenters. The van der Waals surface area contributed by atoms with E-state index in [4.69, 9.17) is 11.2 Å². The summed E-state index contributed by atoms with van der Waals surface area (Å²) in [6, 6.07) is 5.13. The first-order valence-corrected chi connectivity index (χ1v) is 6.50. The number of anilines is 1. The van der Waals surface area contributed by atoms with E-state index < -0.39 is 5.97 Å². The van der Waals surface area contributed by atoms with Crippen molar-refractivity contribution in [3.63, 3.8) is 0 Å². The van der Waals surface area contributed by atoms with E-state index in [1.807, 2.05) is 0 Å². The minimum atomic E-state index is -0.478. The van der Waals surface area contributed by atoms with Gasteiger partial charge < -0.3 is 9.64 Å². The highest BCUT2D eigenvalue weighted by Crippen LogP contribution is 2.30. The molecule has 0 radical (unpaired) electrons. The molecule has 1 aromatic rings. The van der Waals surface area contributed by atoms with Crippen LogP contribution in [0.1, 0.15) is 16.8 Å². The number of carbonyl (C=O) groups is 2. The fourth-order valence-corrected chi connectivity index (χ4v) is 2.43. The van der Waals surface area contributed by atoms with E-state index in [1.165, 1.54) is 7.11 Å². The first kappa shape index (κ1) is 13.6. The molecule has 1 aliphatic rings. The Morgan fingerprint density at radius 1 is 1.58 bits per heavy atom. The largest absolute Gasteiger partial charge is 0.465 e. The summed E-state index contributed by atoms with van der Waals surface area (Å²) in [7, 11) is 1.31. The third-order valence-corrected chi connectivity index (χ3v) is 3.51. The van der Waals surface area contributed by atoms with E-state index in [9.17, 15) is 9.59 Å². The molecule has 2 rings (SSSR count). The van der Waals surface area contributed by atoms with Crippen molar-refractivity contribution >= 4 is 33.5 Å². The third-order valence-electron chi connectivity index (χ3n) is 3.02. The van der Waals surface area contributed by atoms with Crippen LogP contribution < -0.4 is 4.90 Å². The van der Waals surface area contributed by atoms with Crippen molar-refractivity contribution in [1.82, 2.24) is 0 Å². The summed E-state index contributed by atoms with van der Waals surface area (Å²) >= 11 is 3.30. The molecule has 0 aliphatic carbocycles. The zero-order chi connectivity index (χ0) is 14.0. The van der Waals surface area contributed by atoms with Gasteiger partial charge in [-0.05, 0) is 18.2 Å². The summed E-state index contributed by atoms with van der Waals surface area (Å²) < 4.78 is 5.49. The minimum Gasteiger partial charge on any atom is -0.465 e. The standard InChI is InChI=1S/C14H12BrNO3/c1-3-9-6-13(17)16(8-9)12-5-4-10(15)7-11(12)14(18)19-2/h1,4-5,7,9H,6,8H2,2H3. The normalized spacial score (nSPS) is 18.3. The molecule has 4 nitrogen and oxygen atoms in total. The number of carbonyl (C=O) groups excluding carboxylic acids is 2. The molecule has 0 aromatic heterocycles. The molecule has 0 N–H and O–H groups in total. The molecule has 0 bridgehead atoms. The molecule has 0 saturated carbocycles. The molecule has 1 aromatic carbocycles. The smallest absolute Gasteiger partial charge is 0.340 e. The topological polar surface area (TPSA) is 46.6 Å². The van der Waals surface area contributed by atoms with Crippen molar-refractivity contribution in [2.24, 2.45) is 5.92 Å². The maximum absolute atomic E-state index is 12.0. The van der Waals surface area contributed by atoms with Crippen LogP contribution in [-0.2, 0) is 9.53 Å². The second kappa shape index (κ2) is 5.45. The monoisotopic (exact) mass is 321 g/mol. The third kappa shape index (κ3) is 2.64. The Morgan fingerprint density at radius 2 is 2.32 bits per heavy atom. The summed E-state index contributed by atoms with van der Waals surface area (Å²) in [4.78, 5) is 25.3. The Labute approximate surface area is 119 Å². The number of benzene rings is 1. The SMILES string of the molecule is C#CC1CC(=O)N(c2ccc(Br)cc2C(=O)OC)C1. The first-order valence-electron chi connectivity index (χ1n) is 5.71. The number of halogens is 1. The van der Waals surface area contributed by atoms with Gasteiger partial charge in [-0.15, -0.1) is 12.3 Å². The molecule has 98 valence electrons. The number of rotatable bonds is 2. The van der Waals surface area contributed by atoms with Gasteiger partial charge in [0.1, 0.15) is 0 Å². The first-order chi connectivity index (χ1) is 9.06. The van der Waals surface area contributed by atoms with E-state index in [1.54, 1.807) is 23.1 Å². The molecule has 0 spiro atoms. The van der Waals surface area contributed by atoms with Crippen molar-refractivity contribution in [3.8, 4) is 12.3 Å². The lowest BCUT2D eigenvalue weighted by molar-refractivity contribution is -0.117. The predicted molar refractivity (Wildman–Crippen MR) is 74.8 cm³/mol. The zero-order valence-corrected chi connectivity index (χ0v) is 11.9. The van der Waals surface area contributed by atoms with Gasteiger partial charge in [-0.3, -0.25) is 4.79 Å². The molecule has 1 unspecified atom stereocenters. The van der Waals surface area contributed by atoms with Gasteiger partial charge in [-0.1, -0.05) is 15.9 Å². The highest BCUT2D eigenvalue weighted by molar-refractivity contribution is 9.10. The van der Waals surface area contributed by atoms with E-state index in [2.05, 4.69) is 21.9 Å². The lowest BCUT2D eigenvalue weighted by Gasteiger charge is -2.19. The Balaban J connectivity index is 2.43. The number of amides is 1. The number of hydrogen-bond acceptors (Lipinski definition) is 3. The van der Waals surface area contributed by atoms with E-state index >= 15 is 0 Å². The molecule has 1 saturated heterocycles. The zero-order valence-electron chi connectivity index (χ0n) is 10.4. The van der Waals surface area contributed by atoms with Crippen molar-refractivity contribution in [1.29, 1.82) is 0 Å². The highest BCUT2D eigenvalue weighted by Gasteiger charge is 2.31. The summed E-state index contributed by atoms with van der Waals surface area (Å²) in [5.74, 6) is 1.92. The minimum absolute atomic E-state index is 0.0737. The van der Waals surface area contributed by atoms with Crippen LogP contribution in [0.5, 0.6) is 0 Å². The van der Waals surface area contributed by atoms with Gasteiger partial charge in [-0.25, -0.2) is 4.79 Å². The average molecular weight is 322 g/mol. The van der Waals surface area contributed by atoms with Crippen LogP contribution >= 0.6 is 15.9 Å². The van der Waals surface area contributed by atoms with Crippen LogP contribution in [0.4, 0.5) is 5.69 Å². The van der Waals surface area contributed by atoms with Crippen molar-refractivity contribution in [2.75, 3.05) is 18.6 Å². The number of hydrogen-bond donors (Lipinski definition) is 0. The maximum atomic E-state index is 12.0. The number of esters is 1. The second-order valence-electron chi connectivity index (χ2n) is 4.23. The van der Waals surface area contributed by atoms with Gasteiger partial charge in [0.2, 0.25) is 5.91 Å². The van der Waals surface area contributed by atoms with Crippen LogP contribution in [0.3, 0.4) is 0 Å². The summed E-state index contributed by atoms with van der Waals surface area (Å²) in [6.45, 7) is 0.432. The van der Waals surface area contributed by atoms with Gasteiger partial charge in [0.05, 0.1) is 18.4 Å². The molecular formula is C14H12BrNO3. The maximum Gasteiger partial charge on any atom is 0.340 e. The van der Waals surface area contributed by atoms with Gasteiger partial charge in [0, 0.05) is 23.4 Å². The highest BCUT2D eigenvalue weighted by atomic mass is 79.9. The second-order valence-corrected chi connectivity index (χ2v) is 5.14. The Bertz CT molecular complexity index is 577. The number of methoxy groups -OCH3 is 1. The fourth-order valence-electron chi connectivity index (χ4n) is 2.07. The molecule has 1 fully saturated rings. The van der Waals surface area contributed by atoms with Crippen LogP contribution in [0.15, 0.2) is 22.7 Å². The average Bonchev–Trinajstić information content (AvgIpc) is 2.79. The summed E-state index contributed by atoms with van der Waals surface area (Å²) in [5, 5.41) is 0. The lowest BCUT2D eigenvalue weighted by atomic mass is 10.1. The molecular weight excluding hydrogens is 310 g/mol. The van der Waals surface area contributed by atoms with Crippen molar-refractivity contribution in [3.05, 3.63) is 28.2 Å².